The summed E-state index contributed by atoms with van der Waals surface area (Å²) in [7, 11) is 0. The van der Waals surface area contributed by atoms with Gasteiger partial charge in [0.05, 0.1) is 0 Å². The first-order valence-electron chi connectivity index (χ1n) is 5.73. The summed E-state index contributed by atoms with van der Waals surface area (Å²) in [5.41, 5.74) is -1.38. The highest BCUT2D eigenvalue weighted by molar-refractivity contribution is 5.81. The second-order valence-electron chi connectivity index (χ2n) is 6.01. The first kappa shape index (κ1) is 15.2. The largest absolute Gasteiger partial charge is 0.471 e. The van der Waals surface area contributed by atoms with E-state index in [0.29, 0.717) is 0 Å². The summed E-state index contributed by atoms with van der Waals surface area (Å²) < 4.78 is 36.6. The van der Waals surface area contributed by atoms with Gasteiger partial charge in [-0.2, -0.15) is 18.2 Å². The summed E-state index contributed by atoms with van der Waals surface area (Å²) in [4.78, 5) is 10.9. The molecule has 1 heterocycles. The molecule has 4 nitrogen and oxygen atoms in total. The number of hydroxylamine groups is 2. The van der Waals surface area contributed by atoms with Crippen LogP contribution >= 0.6 is 0 Å². The summed E-state index contributed by atoms with van der Waals surface area (Å²) in [6, 6.07) is -0.604. The predicted molar refractivity (Wildman–Crippen MR) is 59.0 cm³/mol. The monoisotopic (exact) mass is 268 g/mol. The molecule has 0 spiro atoms. The van der Waals surface area contributed by atoms with Crippen molar-refractivity contribution < 1.29 is 23.2 Å². The van der Waals surface area contributed by atoms with E-state index >= 15 is 0 Å². The van der Waals surface area contributed by atoms with E-state index in [1.165, 1.54) is 0 Å². The minimum absolute atomic E-state index is 0.259. The van der Waals surface area contributed by atoms with Crippen molar-refractivity contribution in [1.29, 1.82) is 0 Å². The average Bonchev–Trinajstić information content (AvgIpc) is 2.11. The van der Waals surface area contributed by atoms with Gasteiger partial charge >= 0.3 is 12.1 Å². The van der Waals surface area contributed by atoms with Crippen LogP contribution in [0.3, 0.4) is 0 Å². The third kappa shape index (κ3) is 3.14. The Morgan fingerprint density at radius 3 is 1.94 bits per heavy atom. The highest BCUT2D eigenvalue weighted by atomic mass is 19.4. The van der Waals surface area contributed by atoms with E-state index < -0.39 is 29.2 Å². The molecule has 1 amide bonds. The molecule has 7 heteroatoms. The fraction of sp³-hybridized carbons (Fsp3) is 0.909. The molecule has 0 unspecified atom stereocenters. The lowest BCUT2D eigenvalue weighted by molar-refractivity contribution is -0.246. The molecule has 0 bridgehead atoms. The van der Waals surface area contributed by atoms with Gasteiger partial charge in [0.15, 0.2) is 0 Å². The molecule has 1 aliphatic heterocycles. The lowest BCUT2D eigenvalue weighted by atomic mass is 9.79. The van der Waals surface area contributed by atoms with E-state index in [0.717, 1.165) is 5.06 Å². The SMILES string of the molecule is CC1(C)CC(NC(=O)C(F)(F)F)CC(C)(C)N1O. The summed E-state index contributed by atoms with van der Waals surface area (Å²) in [5.74, 6) is -1.93. The number of hydrogen-bond donors (Lipinski definition) is 2. The minimum atomic E-state index is -4.87. The van der Waals surface area contributed by atoms with E-state index in [1.54, 1.807) is 27.7 Å². The summed E-state index contributed by atoms with van der Waals surface area (Å²) >= 11 is 0. The molecule has 1 rings (SSSR count). The van der Waals surface area contributed by atoms with E-state index in [-0.39, 0.29) is 12.8 Å². The van der Waals surface area contributed by atoms with Crippen molar-refractivity contribution >= 4 is 5.91 Å². The van der Waals surface area contributed by atoms with Crippen molar-refractivity contribution in [1.82, 2.24) is 10.4 Å². The van der Waals surface area contributed by atoms with Crippen LogP contribution in [0, 0.1) is 0 Å². The predicted octanol–water partition coefficient (Wildman–Crippen LogP) is 2.08. The lowest BCUT2D eigenvalue weighted by Crippen LogP contribution is -2.63. The summed E-state index contributed by atoms with van der Waals surface area (Å²) in [6.07, 6.45) is -4.35. The van der Waals surface area contributed by atoms with Crippen LogP contribution in [0.5, 0.6) is 0 Å². The molecule has 0 aliphatic carbocycles. The van der Waals surface area contributed by atoms with Crippen LogP contribution in [-0.4, -0.2) is 39.5 Å². The molecule has 2 N–H and O–H groups in total. The van der Waals surface area contributed by atoms with Crippen molar-refractivity contribution in [2.24, 2.45) is 0 Å². The molecule has 0 radical (unpaired) electrons. The van der Waals surface area contributed by atoms with E-state index in [1.807, 2.05) is 5.32 Å². The van der Waals surface area contributed by atoms with Crippen molar-refractivity contribution in [2.45, 2.75) is 63.8 Å². The Labute approximate surface area is 104 Å². The second-order valence-corrected chi connectivity index (χ2v) is 6.01. The van der Waals surface area contributed by atoms with Crippen LogP contribution in [0.2, 0.25) is 0 Å². The van der Waals surface area contributed by atoms with Gasteiger partial charge in [-0.15, -0.1) is 0 Å². The Balaban J connectivity index is 2.79. The number of nitrogens with one attached hydrogen (secondary N) is 1. The molecule has 18 heavy (non-hydrogen) atoms. The van der Waals surface area contributed by atoms with Gasteiger partial charge in [-0.25, -0.2) is 0 Å². The van der Waals surface area contributed by atoms with Gasteiger partial charge in [0, 0.05) is 17.1 Å². The molecule has 1 saturated heterocycles. The van der Waals surface area contributed by atoms with Crippen LogP contribution in [0.4, 0.5) is 13.2 Å². The average molecular weight is 268 g/mol. The highest BCUT2D eigenvalue weighted by Crippen LogP contribution is 2.36. The Morgan fingerprint density at radius 2 is 1.61 bits per heavy atom. The molecule has 1 fully saturated rings. The number of carbonyl (C=O) groups is 1. The highest BCUT2D eigenvalue weighted by Gasteiger charge is 2.47. The maximum Gasteiger partial charge on any atom is 0.471 e. The molecule has 0 atom stereocenters. The molecular weight excluding hydrogens is 249 g/mol. The van der Waals surface area contributed by atoms with Crippen LogP contribution in [0.25, 0.3) is 0 Å². The third-order valence-corrected chi connectivity index (χ3v) is 3.23. The fourth-order valence-electron chi connectivity index (χ4n) is 2.64. The Hall–Kier alpha value is -0.820. The number of alkyl halides is 3. The van der Waals surface area contributed by atoms with Crippen LogP contribution in [0.1, 0.15) is 40.5 Å². The molecular formula is C11H19F3N2O2. The van der Waals surface area contributed by atoms with Crippen LogP contribution < -0.4 is 5.32 Å². The molecule has 0 saturated carbocycles. The van der Waals surface area contributed by atoms with Gasteiger partial charge in [0.1, 0.15) is 0 Å². The Bertz CT molecular complexity index is 322. The molecule has 0 aromatic carbocycles. The quantitative estimate of drug-likeness (QED) is 0.765. The van der Waals surface area contributed by atoms with Crippen molar-refractivity contribution in [3.63, 3.8) is 0 Å². The van der Waals surface area contributed by atoms with E-state index in [2.05, 4.69) is 0 Å². The Kier molecular flexibility index (Phi) is 3.71. The normalized spacial score (nSPS) is 24.9. The van der Waals surface area contributed by atoms with Crippen molar-refractivity contribution in [3.8, 4) is 0 Å². The van der Waals surface area contributed by atoms with Gasteiger partial charge in [-0.05, 0) is 40.5 Å². The second kappa shape index (κ2) is 4.38. The zero-order valence-electron chi connectivity index (χ0n) is 10.9. The maximum absolute atomic E-state index is 12.2. The number of amides is 1. The van der Waals surface area contributed by atoms with E-state index in [9.17, 15) is 23.2 Å². The minimum Gasteiger partial charge on any atom is -0.345 e. The van der Waals surface area contributed by atoms with Gasteiger partial charge in [-0.1, -0.05) is 0 Å². The van der Waals surface area contributed by atoms with Gasteiger partial charge in [-0.3, -0.25) is 4.79 Å². The summed E-state index contributed by atoms with van der Waals surface area (Å²) in [5, 5.41) is 13.1. The standard InChI is InChI=1S/C11H19F3N2O2/c1-9(2)5-7(6-10(3,4)16(9)18)15-8(17)11(12,13)14/h7,18H,5-6H2,1-4H3,(H,15,17). The molecule has 106 valence electrons. The third-order valence-electron chi connectivity index (χ3n) is 3.23. The first-order chi connectivity index (χ1) is 7.86. The van der Waals surface area contributed by atoms with Gasteiger partial charge in [0.25, 0.3) is 0 Å². The number of halogens is 3. The molecule has 0 aromatic heterocycles. The molecule has 0 aromatic rings. The zero-order valence-corrected chi connectivity index (χ0v) is 10.9. The fourth-order valence-corrected chi connectivity index (χ4v) is 2.64. The van der Waals surface area contributed by atoms with Crippen LogP contribution in [-0.2, 0) is 4.79 Å². The number of nitrogens with zero attached hydrogens (tertiary/aromatic N) is 1. The Morgan fingerprint density at radius 1 is 1.22 bits per heavy atom. The number of carbonyl (C=O) groups excluding carboxylic acids is 1. The topological polar surface area (TPSA) is 52.6 Å². The van der Waals surface area contributed by atoms with Crippen molar-refractivity contribution in [3.05, 3.63) is 0 Å². The zero-order chi connectivity index (χ0) is 14.4. The number of piperidine rings is 1. The van der Waals surface area contributed by atoms with Crippen molar-refractivity contribution in [2.75, 3.05) is 0 Å². The number of rotatable bonds is 1. The smallest absolute Gasteiger partial charge is 0.345 e. The number of hydrogen-bond acceptors (Lipinski definition) is 3. The van der Waals surface area contributed by atoms with Gasteiger partial charge < -0.3 is 10.5 Å². The van der Waals surface area contributed by atoms with Gasteiger partial charge in [0.2, 0.25) is 0 Å². The summed E-state index contributed by atoms with van der Waals surface area (Å²) in [6.45, 7) is 6.89. The van der Waals surface area contributed by atoms with E-state index in [4.69, 9.17) is 0 Å². The molecule has 1 aliphatic rings. The maximum atomic E-state index is 12.2. The van der Waals surface area contributed by atoms with Crippen LogP contribution in [0.15, 0.2) is 0 Å². The first-order valence-corrected chi connectivity index (χ1v) is 5.73. The lowest BCUT2D eigenvalue weighted by Gasteiger charge is -2.51.